The highest BCUT2D eigenvalue weighted by Gasteiger charge is 2.29. The lowest BCUT2D eigenvalue weighted by molar-refractivity contribution is 0.227. The Kier molecular flexibility index (Phi) is 5.28. The maximum absolute atomic E-state index is 9.59. The number of hydrogen-bond donors (Lipinski definition) is 2. The first-order chi connectivity index (χ1) is 9.11. The second-order valence-corrected chi connectivity index (χ2v) is 5.84. The van der Waals surface area contributed by atoms with Crippen molar-refractivity contribution in [1.82, 2.24) is 4.81 Å². The van der Waals surface area contributed by atoms with Crippen molar-refractivity contribution in [3.63, 3.8) is 0 Å². The Balaban J connectivity index is 2.01. The summed E-state index contributed by atoms with van der Waals surface area (Å²) in [6.45, 7) is 4.40. The van der Waals surface area contributed by atoms with Gasteiger partial charge in [-0.2, -0.15) is 0 Å². The van der Waals surface area contributed by atoms with Gasteiger partial charge in [-0.25, -0.2) is 0 Å². The fraction of sp³-hybridized carbons (Fsp3) is 0.571. The summed E-state index contributed by atoms with van der Waals surface area (Å²) < 4.78 is 0. The zero-order valence-corrected chi connectivity index (χ0v) is 12.2. The Morgan fingerprint density at radius 1 is 1.37 bits per heavy atom. The first kappa shape index (κ1) is 14.9. The smallest absolute Gasteiger partial charge is 0.376 e. The summed E-state index contributed by atoms with van der Waals surface area (Å²) in [5.74, 6) is 0.995. The van der Waals surface area contributed by atoms with Gasteiger partial charge in [0.2, 0.25) is 0 Å². The Morgan fingerprint density at radius 3 is 2.42 bits per heavy atom. The molecule has 1 heterocycles. The maximum atomic E-state index is 9.59. The lowest BCUT2D eigenvalue weighted by Gasteiger charge is -2.36. The molecule has 0 saturated carbocycles. The van der Waals surface area contributed by atoms with E-state index in [2.05, 4.69) is 16.9 Å². The van der Waals surface area contributed by atoms with Gasteiger partial charge in [0.25, 0.3) is 0 Å². The zero-order valence-electron chi connectivity index (χ0n) is 11.4. The van der Waals surface area contributed by atoms with Gasteiger partial charge in [0, 0.05) is 5.02 Å². The second-order valence-electron chi connectivity index (χ2n) is 5.40. The van der Waals surface area contributed by atoms with Crippen LogP contribution in [0.3, 0.4) is 0 Å². The lowest BCUT2D eigenvalue weighted by Crippen LogP contribution is -2.44. The molecule has 0 radical (unpaired) electrons. The molecular formula is C14H22BClN2O. The van der Waals surface area contributed by atoms with E-state index in [0.717, 1.165) is 31.0 Å². The highest BCUT2D eigenvalue weighted by Crippen LogP contribution is 2.32. The third-order valence-electron chi connectivity index (χ3n) is 4.22. The van der Waals surface area contributed by atoms with E-state index in [-0.39, 0.29) is 7.05 Å². The van der Waals surface area contributed by atoms with Gasteiger partial charge in [0.05, 0.1) is 0 Å². The molecule has 3 nitrogen and oxygen atoms in total. The van der Waals surface area contributed by atoms with E-state index >= 15 is 0 Å². The molecule has 1 saturated heterocycles. The number of halogens is 1. The van der Waals surface area contributed by atoms with Crippen LogP contribution in [0.1, 0.15) is 24.3 Å². The Morgan fingerprint density at radius 2 is 1.95 bits per heavy atom. The first-order valence-electron chi connectivity index (χ1n) is 6.99. The van der Waals surface area contributed by atoms with Crippen LogP contribution in [0.15, 0.2) is 24.3 Å². The Labute approximate surface area is 120 Å². The minimum absolute atomic E-state index is 0.340. The van der Waals surface area contributed by atoms with Crippen molar-refractivity contribution in [3.05, 3.63) is 34.9 Å². The van der Waals surface area contributed by atoms with Crippen LogP contribution in [-0.2, 0) is 0 Å². The van der Waals surface area contributed by atoms with Crippen LogP contribution in [0.4, 0.5) is 0 Å². The fourth-order valence-electron chi connectivity index (χ4n) is 3.01. The molecule has 3 N–H and O–H groups in total. The normalized spacial score (nSPS) is 19.4. The number of nitrogens with zero attached hydrogens (tertiary/aromatic N) is 1. The summed E-state index contributed by atoms with van der Waals surface area (Å²) >= 11 is 5.93. The average molecular weight is 281 g/mol. The van der Waals surface area contributed by atoms with E-state index in [1.54, 1.807) is 0 Å². The van der Waals surface area contributed by atoms with Crippen molar-refractivity contribution >= 4 is 18.7 Å². The monoisotopic (exact) mass is 280 g/mol. The Bertz CT molecular complexity index is 391. The summed E-state index contributed by atoms with van der Waals surface area (Å²) in [4.78, 5) is 2.12. The van der Waals surface area contributed by atoms with Crippen LogP contribution >= 0.6 is 11.6 Å². The summed E-state index contributed by atoms with van der Waals surface area (Å²) in [6.07, 6.45) is 2.19. The largest absolute Gasteiger partial charge is 0.437 e. The summed E-state index contributed by atoms with van der Waals surface area (Å²) in [7, 11) is -0.340. The molecule has 0 bridgehead atoms. The first-order valence-corrected chi connectivity index (χ1v) is 7.37. The summed E-state index contributed by atoms with van der Waals surface area (Å²) in [5.41, 5.74) is 7.25. The number of piperidine rings is 1. The van der Waals surface area contributed by atoms with Crippen molar-refractivity contribution in [2.75, 3.05) is 19.6 Å². The standard InChI is InChI=1S/C14H22BClN2O/c1-15(19)18-8-6-12(7-9-18)14(10-17)11-2-4-13(16)5-3-11/h2-5,12,14,19H,6-10,17H2,1H3. The third-order valence-corrected chi connectivity index (χ3v) is 4.48. The molecule has 2 rings (SSSR count). The SMILES string of the molecule is CB(O)N1CCC(C(CN)c2ccc(Cl)cc2)CC1. The van der Waals surface area contributed by atoms with Crippen molar-refractivity contribution in [3.8, 4) is 0 Å². The molecule has 5 heteroatoms. The molecule has 1 aliphatic rings. The molecule has 0 aromatic heterocycles. The van der Waals surface area contributed by atoms with Gasteiger partial charge in [-0.3, -0.25) is 0 Å². The molecule has 1 aliphatic heterocycles. The summed E-state index contributed by atoms with van der Waals surface area (Å²) in [5, 5.41) is 10.4. The molecule has 19 heavy (non-hydrogen) atoms. The van der Waals surface area contributed by atoms with Crippen LogP contribution in [0, 0.1) is 5.92 Å². The number of benzene rings is 1. The molecule has 1 unspecified atom stereocenters. The lowest BCUT2D eigenvalue weighted by atomic mass is 9.76. The number of hydrogen-bond acceptors (Lipinski definition) is 3. The molecule has 1 atom stereocenters. The predicted octanol–water partition coefficient (Wildman–Crippen LogP) is 2.20. The Hall–Kier alpha value is -0.545. The zero-order chi connectivity index (χ0) is 13.8. The number of rotatable bonds is 4. The average Bonchev–Trinajstić information content (AvgIpc) is 2.42. The van der Waals surface area contributed by atoms with Gasteiger partial charge in [-0.05, 0) is 68.8 Å². The van der Waals surface area contributed by atoms with Gasteiger partial charge >= 0.3 is 7.05 Å². The second kappa shape index (κ2) is 6.75. The minimum atomic E-state index is -0.340. The summed E-state index contributed by atoms with van der Waals surface area (Å²) in [6, 6.07) is 8.04. The van der Waals surface area contributed by atoms with Crippen molar-refractivity contribution in [1.29, 1.82) is 0 Å². The van der Waals surface area contributed by atoms with Crippen molar-refractivity contribution in [2.24, 2.45) is 11.7 Å². The van der Waals surface area contributed by atoms with Gasteiger partial charge in [-0.1, -0.05) is 23.7 Å². The van der Waals surface area contributed by atoms with Gasteiger partial charge in [0.15, 0.2) is 0 Å². The predicted molar refractivity (Wildman–Crippen MR) is 81.4 cm³/mol. The van der Waals surface area contributed by atoms with Crippen molar-refractivity contribution < 1.29 is 5.02 Å². The van der Waals surface area contributed by atoms with E-state index in [0.29, 0.717) is 18.4 Å². The molecule has 1 aromatic carbocycles. The quantitative estimate of drug-likeness (QED) is 0.832. The van der Waals surface area contributed by atoms with Crippen LogP contribution in [0.5, 0.6) is 0 Å². The van der Waals surface area contributed by atoms with E-state index < -0.39 is 0 Å². The van der Waals surface area contributed by atoms with E-state index in [1.165, 1.54) is 5.56 Å². The molecule has 1 aromatic rings. The van der Waals surface area contributed by atoms with Crippen LogP contribution in [0.25, 0.3) is 0 Å². The van der Waals surface area contributed by atoms with Crippen LogP contribution < -0.4 is 5.73 Å². The van der Waals surface area contributed by atoms with Crippen LogP contribution in [-0.4, -0.2) is 36.5 Å². The maximum Gasteiger partial charge on any atom is 0.376 e. The van der Waals surface area contributed by atoms with E-state index in [1.807, 2.05) is 19.0 Å². The third kappa shape index (κ3) is 3.73. The van der Waals surface area contributed by atoms with E-state index in [4.69, 9.17) is 17.3 Å². The highest BCUT2D eigenvalue weighted by molar-refractivity contribution is 6.45. The fourth-order valence-corrected chi connectivity index (χ4v) is 3.13. The molecule has 1 fully saturated rings. The molecule has 0 aliphatic carbocycles. The van der Waals surface area contributed by atoms with Crippen molar-refractivity contribution in [2.45, 2.75) is 25.6 Å². The number of nitrogens with two attached hydrogens (primary N) is 1. The van der Waals surface area contributed by atoms with Gasteiger partial charge in [0.1, 0.15) is 0 Å². The molecule has 0 spiro atoms. The van der Waals surface area contributed by atoms with E-state index in [9.17, 15) is 5.02 Å². The molecule has 104 valence electrons. The minimum Gasteiger partial charge on any atom is -0.437 e. The van der Waals surface area contributed by atoms with Gasteiger partial charge in [-0.15, -0.1) is 0 Å². The molecule has 0 amide bonds. The topological polar surface area (TPSA) is 49.5 Å². The highest BCUT2D eigenvalue weighted by atomic mass is 35.5. The molecular weight excluding hydrogens is 258 g/mol. The van der Waals surface area contributed by atoms with Crippen LogP contribution in [0.2, 0.25) is 11.8 Å². The van der Waals surface area contributed by atoms with Gasteiger partial charge < -0.3 is 15.6 Å².